The van der Waals surface area contributed by atoms with E-state index in [1.165, 1.54) is 11.1 Å². The number of nitrogens with one attached hydrogen (secondary N) is 1. The molecule has 0 atom stereocenters. The molecule has 0 aromatic heterocycles. The molecule has 0 radical (unpaired) electrons. The van der Waals surface area contributed by atoms with Crippen molar-refractivity contribution in [3.05, 3.63) is 59.7 Å². The smallest absolute Gasteiger partial charge is 0.244 e. The Kier molecular flexibility index (Phi) is 4.84. The van der Waals surface area contributed by atoms with Crippen LogP contribution in [0.2, 0.25) is 0 Å². The maximum atomic E-state index is 12.4. The van der Waals surface area contributed by atoms with E-state index in [2.05, 4.69) is 34.5 Å². The highest BCUT2D eigenvalue weighted by Gasteiger charge is 2.24. The number of carbonyl (C=O) groups excluding carboxylic acids is 2. The molecule has 2 heterocycles. The van der Waals surface area contributed by atoms with Crippen LogP contribution in [0.5, 0.6) is 0 Å². The van der Waals surface area contributed by atoms with Gasteiger partial charge in [-0.05, 0) is 29.7 Å². The van der Waals surface area contributed by atoms with Crippen molar-refractivity contribution in [1.29, 1.82) is 0 Å². The Morgan fingerprint density at radius 2 is 1.85 bits per heavy atom. The van der Waals surface area contributed by atoms with Crippen molar-refractivity contribution in [3.8, 4) is 0 Å². The molecule has 1 fully saturated rings. The summed E-state index contributed by atoms with van der Waals surface area (Å²) in [5.74, 6) is 0.949. The van der Waals surface area contributed by atoms with Gasteiger partial charge in [0.1, 0.15) is 6.54 Å². The van der Waals surface area contributed by atoms with Crippen LogP contribution in [-0.2, 0) is 22.6 Å². The highest BCUT2D eigenvalue weighted by molar-refractivity contribution is 8.00. The first-order valence-electron chi connectivity index (χ1n) is 8.77. The Labute approximate surface area is 157 Å². The van der Waals surface area contributed by atoms with Gasteiger partial charge in [-0.3, -0.25) is 9.59 Å². The molecule has 26 heavy (non-hydrogen) atoms. The summed E-state index contributed by atoms with van der Waals surface area (Å²) < 4.78 is 0. The van der Waals surface area contributed by atoms with Gasteiger partial charge in [0.15, 0.2) is 0 Å². The zero-order valence-electron chi connectivity index (χ0n) is 14.5. The van der Waals surface area contributed by atoms with Gasteiger partial charge in [0, 0.05) is 13.1 Å². The Bertz CT molecular complexity index is 839. The first-order chi connectivity index (χ1) is 12.7. The molecule has 1 N–H and O–H groups in total. The Hall–Kier alpha value is -2.47. The van der Waals surface area contributed by atoms with E-state index < -0.39 is 0 Å². The van der Waals surface area contributed by atoms with Gasteiger partial charge in [-0.15, -0.1) is 11.8 Å². The average molecular weight is 367 g/mol. The minimum absolute atomic E-state index is 0.0334. The lowest BCUT2D eigenvalue weighted by Gasteiger charge is -2.32. The summed E-state index contributed by atoms with van der Waals surface area (Å²) >= 11 is 1.55. The van der Waals surface area contributed by atoms with E-state index in [1.54, 1.807) is 16.7 Å². The molecule has 2 aliphatic rings. The zero-order chi connectivity index (χ0) is 17.9. The van der Waals surface area contributed by atoms with Gasteiger partial charge >= 0.3 is 0 Å². The number of rotatable bonds is 4. The molecule has 2 aromatic carbocycles. The maximum absolute atomic E-state index is 12.4. The van der Waals surface area contributed by atoms with Crippen LogP contribution in [0.15, 0.2) is 48.5 Å². The minimum atomic E-state index is -0.147. The number of amides is 2. The summed E-state index contributed by atoms with van der Waals surface area (Å²) in [5.41, 5.74) is 4.56. The largest absolute Gasteiger partial charge is 0.365 e. The number of carbonyl (C=O) groups is 2. The monoisotopic (exact) mass is 367 g/mol. The fourth-order valence-electron chi connectivity index (χ4n) is 3.46. The summed E-state index contributed by atoms with van der Waals surface area (Å²) in [6, 6.07) is 16.4. The van der Waals surface area contributed by atoms with Gasteiger partial charge in [-0.1, -0.05) is 36.4 Å². The fraction of sp³-hybridized carbons (Fsp3) is 0.300. The minimum Gasteiger partial charge on any atom is -0.365 e. The van der Waals surface area contributed by atoms with Gasteiger partial charge < -0.3 is 15.1 Å². The third-order valence-corrected chi connectivity index (χ3v) is 5.75. The van der Waals surface area contributed by atoms with Crippen LogP contribution in [0, 0.1) is 0 Å². The normalized spacial score (nSPS) is 16.5. The van der Waals surface area contributed by atoms with Crippen LogP contribution in [0.25, 0.3) is 0 Å². The number of fused-ring (bicyclic) bond motifs is 1. The molecule has 1 saturated heterocycles. The van der Waals surface area contributed by atoms with Gasteiger partial charge in [0.05, 0.1) is 23.0 Å². The van der Waals surface area contributed by atoms with Gasteiger partial charge in [0.25, 0.3) is 0 Å². The van der Waals surface area contributed by atoms with Crippen molar-refractivity contribution in [3.63, 3.8) is 0 Å². The molecule has 2 aromatic rings. The van der Waals surface area contributed by atoms with Crippen molar-refractivity contribution in [2.45, 2.75) is 13.0 Å². The lowest BCUT2D eigenvalue weighted by molar-refractivity contribution is -0.130. The molecule has 0 unspecified atom stereocenters. The molecule has 0 saturated carbocycles. The maximum Gasteiger partial charge on any atom is 0.244 e. The van der Waals surface area contributed by atoms with E-state index in [0.717, 1.165) is 30.9 Å². The molecule has 6 heteroatoms. The molecular formula is C20H21N3O2S. The molecule has 0 aliphatic carbocycles. The number of nitrogens with zero attached hydrogens (tertiary/aromatic N) is 2. The van der Waals surface area contributed by atoms with Gasteiger partial charge in [-0.2, -0.15) is 0 Å². The SMILES string of the molecule is O=C(CN1CSCC1=O)Nc1ccccc1N1CCc2ccccc2C1. The second-order valence-corrected chi connectivity index (χ2v) is 7.53. The molecule has 134 valence electrons. The van der Waals surface area contributed by atoms with Crippen molar-refractivity contribution in [2.24, 2.45) is 0 Å². The molecule has 0 bridgehead atoms. The van der Waals surface area contributed by atoms with Crippen LogP contribution in [0.1, 0.15) is 11.1 Å². The quantitative estimate of drug-likeness (QED) is 0.903. The standard InChI is InChI=1S/C20H21N3O2S/c24-19(12-23-14-26-13-20(23)25)21-17-7-3-4-8-18(17)22-10-9-15-5-1-2-6-16(15)11-22/h1-8H,9-14H2,(H,21,24). The van der Waals surface area contributed by atoms with E-state index >= 15 is 0 Å². The highest BCUT2D eigenvalue weighted by Crippen LogP contribution is 2.30. The van der Waals surface area contributed by atoms with Crippen LogP contribution < -0.4 is 10.2 Å². The fourth-order valence-corrected chi connectivity index (χ4v) is 4.36. The van der Waals surface area contributed by atoms with Gasteiger partial charge in [-0.25, -0.2) is 0 Å². The van der Waals surface area contributed by atoms with Crippen molar-refractivity contribution in [2.75, 3.05) is 34.9 Å². The lowest BCUT2D eigenvalue weighted by atomic mass is 9.99. The Morgan fingerprint density at radius 1 is 1.08 bits per heavy atom. The van der Waals surface area contributed by atoms with Crippen LogP contribution in [-0.4, -0.2) is 41.4 Å². The van der Waals surface area contributed by atoms with Crippen molar-refractivity contribution < 1.29 is 9.59 Å². The van der Waals surface area contributed by atoms with E-state index in [0.29, 0.717) is 11.6 Å². The Morgan fingerprint density at radius 3 is 2.65 bits per heavy atom. The van der Waals surface area contributed by atoms with E-state index in [-0.39, 0.29) is 18.4 Å². The second kappa shape index (κ2) is 7.41. The third kappa shape index (κ3) is 3.55. The molecule has 2 aliphatic heterocycles. The number of para-hydroxylation sites is 2. The molecule has 0 spiro atoms. The number of thioether (sulfide) groups is 1. The van der Waals surface area contributed by atoms with Gasteiger partial charge in [0.2, 0.25) is 11.8 Å². The third-order valence-electron chi connectivity index (χ3n) is 4.81. The zero-order valence-corrected chi connectivity index (χ0v) is 15.3. The molecule has 2 amide bonds. The lowest BCUT2D eigenvalue weighted by Crippen LogP contribution is -2.35. The summed E-state index contributed by atoms with van der Waals surface area (Å²) in [6.45, 7) is 1.87. The number of anilines is 2. The first kappa shape index (κ1) is 17.0. The number of benzene rings is 2. The topological polar surface area (TPSA) is 52.7 Å². The summed E-state index contributed by atoms with van der Waals surface area (Å²) in [4.78, 5) is 28.0. The van der Waals surface area contributed by atoms with E-state index in [1.807, 2.05) is 24.3 Å². The highest BCUT2D eigenvalue weighted by atomic mass is 32.2. The molecular weight excluding hydrogens is 346 g/mol. The summed E-state index contributed by atoms with van der Waals surface area (Å²) in [6.07, 6.45) is 0.998. The predicted molar refractivity (Wildman–Crippen MR) is 105 cm³/mol. The van der Waals surface area contributed by atoms with Crippen molar-refractivity contribution >= 4 is 35.0 Å². The van der Waals surface area contributed by atoms with Crippen LogP contribution >= 0.6 is 11.8 Å². The van der Waals surface area contributed by atoms with Crippen LogP contribution in [0.3, 0.4) is 0 Å². The van der Waals surface area contributed by atoms with E-state index in [9.17, 15) is 9.59 Å². The second-order valence-electron chi connectivity index (χ2n) is 6.57. The summed E-state index contributed by atoms with van der Waals surface area (Å²) in [5, 5.41) is 3.00. The number of hydrogen-bond acceptors (Lipinski definition) is 4. The molecule has 5 nitrogen and oxygen atoms in total. The number of hydrogen-bond donors (Lipinski definition) is 1. The van der Waals surface area contributed by atoms with Crippen LogP contribution in [0.4, 0.5) is 11.4 Å². The summed E-state index contributed by atoms with van der Waals surface area (Å²) in [7, 11) is 0. The average Bonchev–Trinajstić information content (AvgIpc) is 3.06. The predicted octanol–water partition coefficient (Wildman–Crippen LogP) is 2.72. The van der Waals surface area contributed by atoms with Crippen molar-refractivity contribution in [1.82, 2.24) is 4.90 Å². The molecule has 4 rings (SSSR count). The first-order valence-corrected chi connectivity index (χ1v) is 9.92. The van der Waals surface area contributed by atoms with E-state index in [4.69, 9.17) is 0 Å². The Balaban J connectivity index is 1.48.